The van der Waals surface area contributed by atoms with Crippen molar-refractivity contribution in [2.24, 2.45) is 0 Å². The van der Waals surface area contributed by atoms with Crippen LogP contribution in [0.4, 0.5) is 0 Å². The second-order valence-electron chi connectivity index (χ2n) is 5.34. The van der Waals surface area contributed by atoms with Crippen molar-refractivity contribution in [2.45, 2.75) is 25.9 Å². The average molecular weight is 360 g/mol. The topological polar surface area (TPSA) is 111 Å². The lowest BCUT2D eigenvalue weighted by Crippen LogP contribution is -2.42. The molecule has 0 heterocycles. The quantitative estimate of drug-likeness (QED) is 0.556. The summed E-state index contributed by atoms with van der Waals surface area (Å²) < 4.78 is 9.09. The molecule has 8 nitrogen and oxygen atoms in total. The van der Waals surface area contributed by atoms with Crippen LogP contribution in [0.25, 0.3) is 0 Å². The molecule has 1 rings (SSSR count). The maximum Gasteiger partial charge on any atom is 0.328 e. The normalized spacial score (nSPS) is 12.1. The number of hydrogen-bond donors (Lipinski definition) is 2. The molecule has 0 fully saturated rings. The van der Waals surface area contributed by atoms with Crippen molar-refractivity contribution in [1.29, 1.82) is 0 Å². The minimum Gasteiger partial charge on any atom is -0.467 e. The number of amides is 2. The van der Waals surface area contributed by atoms with Crippen LogP contribution < -0.4 is 10.6 Å². The molecular weight excluding hydrogens is 340 g/mol. The molecule has 1 aromatic rings. The van der Waals surface area contributed by atoms with Gasteiger partial charge in [0.25, 0.3) is 11.8 Å². The van der Waals surface area contributed by atoms with E-state index in [0.717, 1.165) is 0 Å². The number of carbonyl (C=O) groups is 4. The molecule has 0 aliphatic heterocycles. The molecule has 0 radical (unpaired) electrons. The van der Waals surface area contributed by atoms with Gasteiger partial charge in [0.2, 0.25) is 0 Å². The highest BCUT2D eigenvalue weighted by molar-refractivity contribution is 6.08. The van der Waals surface area contributed by atoms with E-state index in [0.29, 0.717) is 5.56 Å². The van der Waals surface area contributed by atoms with E-state index in [9.17, 15) is 19.2 Å². The van der Waals surface area contributed by atoms with Crippen LogP contribution in [0.5, 0.6) is 0 Å². The predicted octanol–water partition coefficient (Wildman–Crippen LogP) is 0.250. The Balaban J connectivity index is 3.15. The second-order valence-corrected chi connectivity index (χ2v) is 5.34. The Morgan fingerprint density at radius 2 is 1.38 bits per heavy atom. The van der Waals surface area contributed by atoms with Crippen LogP contribution in [0.3, 0.4) is 0 Å². The summed E-state index contributed by atoms with van der Waals surface area (Å²) in [5, 5.41) is 4.86. The van der Waals surface area contributed by atoms with E-state index in [4.69, 9.17) is 6.42 Å². The van der Waals surface area contributed by atoms with E-state index >= 15 is 0 Å². The molecule has 0 aromatic heterocycles. The van der Waals surface area contributed by atoms with Crippen molar-refractivity contribution in [3.05, 3.63) is 34.9 Å². The zero-order valence-electron chi connectivity index (χ0n) is 14.9. The molecule has 2 N–H and O–H groups in total. The van der Waals surface area contributed by atoms with Crippen molar-refractivity contribution < 1.29 is 28.7 Å². The van der Waals surface area contributed by atoms with Crippen molar-refractivity contribution >= 4 is 23.8 Å². The molecule has 1 aromatic carbocycles. The summed E-state index contributed by atoms with van der Waals surface area (Å²) in [6.07, 6.45) is 5.34. The third-order valence-corrected chi connectivity index (χ3v) is 3.48. The third-order valence-electron chi connectivity index (χ3n) is 3.48. The number of rotatable bonds is 6. The van der Waals surface area contributed by atoms with Gasteiger partial charge in [0, 0.05) is 5.56 Å². The van der Waals surface area contributed by atoms with E-state index in [1.807, 2.05) is 0 Å². The van der Waals surface area contributed by atoms with Crippen LogP contribution in [0.1, 0.15) is 40.1 Å². The van der Waals surface area contributed by atoms with Gasteiger partial charge in [-0.1, -0.05) is 5.92 Å². The number of methoxy groups -OCH3 is 2. The summed E-state index contributed by atoms with van der Waals surface area (Å²) in [5.41, 5.74) is 0.332. The lowest BCUT2D eigenvalue weighted by atomic mass is 10.0. The van der Waals surface area contributed by atoms with E-state index in [1.165, 1.54) is 46.3 Å². The lowest BCUT2D eigenvalue weighted by molar-refractivity contribution is -0.143. The SMILES string of the molecule is C#Cc1ccc(C(=O)N[C@@H](C)C(=O)OC)c(C(=O)N[C@@H](C)C(=O)OC)c1. The van der Waals surface area contributed by atoms with Gasteiger partial charge < -0.3 is 20.1 Å². The van der Waals surface area contributed by atoms with Gasteiger partial charge in [0.15, 0.2) is 0 Å². The van der Waals surface area contributed by atoms with E-state index in [1.54, 1.807) is 0 Å². The fraction of sp³-hybridized carbons (Fsp3) is 0.333. The van der Waals surface area contributed by atoms with Crippen LogP contribution in [-0.4, -0.2) is 50.1 Å². The zero-order valence-corrected chi connectivity index (χ0v) is 14.9. The summed E-state index contributed by atoms with van der Waals surface area (Å²) in [6, 6.07) is 2.36. The first kappa shape index (κ1) is 20.7. The Labute approximate surface area is 151 Å². The zero-order chi connectivity index (χ0) is 19.9. The molecule has 0 aliphatic rings. The first-order valence-corrected chi connectivity index (χ1v) is 7.63. The van der Waals surface area contributed by atoms with Gasteiger partial charge in [-0.05, 0) is 32.0 Å². The molecule has 2 atom stereocenters. The van der Waals surface area contributed by atoms with Gasteiger partial charge in [0.05, 0.1) is 25.3 Å². The number of ether oxygens (including phenoxy) is 2. The molecule has 2 amide bonds. The van der Waals surface area contributed by atoms with E-state index in [-0.39, 0.29) is 11.1 Å². The van der Waals surface area contributed by atoms with E-state index in [2.05, 4.69) is 26.0 Å². The van der Waals surface area contributed by atoms with Gasteiger partial charge in [-0.25, -0.2) is 9.59 Å². The van der Waals surface area contributed by atoms with Crippen molar-refractivity contribution in [3.63, 3.8) is 0 Å². The summed E-state index contributed by atoms with van der Waals surface area (Å²) in [5.74, 6) is -0.260. The Hall–Kier alpha value is -3.34. The van der Waals surface area contributed by atoms with Crippen molar-refractivity contribution in [2.75, 3.05) is 14.2 Å². The number of carbonyl (C=O) groups excluding carboxylic acids is 4. The summed E-state index contributed by atoms with van der Waals surface area (Å²) >= 11 is 0. The Kier molecular flexibility index (Phi) is 7.34. The molecule has 26 heavy (non-hydrogen) atoms. The minimum absolute atomic E-state index is 0.00526. The molecule has 0 bridgehead atoms. The molecule has 0 saturated heterocycles. The Morgan fingerprint density at radius 3 is 1.81 bits per heavy atom. The van der Waals surface area contributed by atoms with Gasteiger partial charge in [-0.3, -0.25) is 9.59 Å². The molecule has 0 saturated carbocycles. The molecular formula is C18H20N2O6. The Bertz CT molecular complexity index is 765. The number of esters is 2. The fourth-order valence-electron chi connectivity index (χ4n) is 2.04. The summed E-state index contributed by atoms with van der Waals surface area (Å²) in [4.78, 5) is 47.9. The highest BCUT2D eigenvalue weighted by atomic mass is 16.5. The van der Waals surface area contributed by atoms with Gasteiger partial charge in [-0.2, -0.15) is 0 Å². The summed E-state index contributed by atoms with van der Waals surface area (Å²) in [7, 11) is 2.39. The average Bonchev–Trinajstić information content (AvgIpc) is 2.65. The lowest BCUT2D eigenvalue weighted by Gasteiger charge is -2.16. The second kappa shape index (κ2) is 9.22. The van der Waals surface area contributed by atoms with Gasteiger partial charge in [0.1, 0.15) is 12.1 Å². The summed E-state index contributed by atoms with van der Waals surface area (Å²) in [6.45, 7) is 2.88. The van der Waals surface area contributed by atoms with Crippen LogP contribution in [0.15, 0.2) is 18.2 Å². The molecule has 138 valence electrons. The van der Waals surface area contributed by atoms with Crippen LogP contribution in [0.2, 0.25) is 0 Å². The van der Waals surface area contributed by atoms with Crippen LogP contribution in [-0.2, 0) is 19.1 Å². The predicted molar refractivity (Wildman–Crippen MR) is 92.3 cm³/mol. The highest BCUT2D eigenvalue weighted by Gasteiger charge is 2.24. The largest absolute Gasteiger partial charge is 0.467 e. The molecule has 0 unspecified atom stereocenters. The standard InChI is InChI=1S/C18H20N2O6/c1-6-12-7-8-13(15(21)19-10(2)17(23)25-4)14(9-12)16(22)20-11(3)18(24)26-5/h1,7-11H,2-5H3,(H,19,21)(H,20,22)/t10-,11-/m0/s1. The van der Waals surface area contributed by atoms with Gasteiger partial charge >= 0.3 is 11.9 Å². The van der Waals surface area contributed by atoms with Crippen LogP contribution in [0, 0.1) is 12.3 Å². The maximum absolute atomic E-state index is 12.5. The molecule has 0 aliphatic carbocycles. The number of benzene rings is 1. The number of nitrogens with one attached hydrogen (secondary N) is 2. The number of hydrogen-bond acceptors (Lipinski definition) is 6. The van der Waals surface area contributed by atoms with Crippen LogP contribution >= 0.6 is 0 Å². The smallest absolute Gasteiger partial charge is 0.328 e. The molecule has 8 heteroatoms. The first-order valence-electron chi connectivity index (χ1n) is 7.63. The highest BCUT2D eigenvalue weighted by Crippen LogP contribution is 2.13. The van der Waals surface area contributed by atoms with Gasteiger partial charge in [-0.15, -0.1) is 6.42 Å². The monoisotopic (exact) mass is 360 g/mol. The number of terminal acetylenes is 1. The minimum atomic E-state index is -0.924. The third kappa shape index (κ3) is 5.08. The van der Waals surface area contributed by atoms with E-state index < -0.39 is 35.8 Å². The van der Waals surface area contributed by atoms with Crippen molar-refractivity contribution in [3.8, 4) is 12.3 Å². The maximum atomic E-state index is 12.5. The molecule has 0 spiro atoms. The Morgan fingerprint density at radius 1 is 0.923 bits per heavy atom. The fourth-order valence-corrected chi connectivity index (χ4v) is 2.04. The van der Waals surface area contributed by atoms with Crippen molar-refractivity contribution in [1.82, 2.24) is 10.6 Å². The first-order chi connectivity index (χ1) is 12.2.